The number of hydrogen-bond acceptors (Lipinski definition) is 6. The molecule has 0 rings (SSSR count). The molecule has 0 saturated carbocycles. The normalized spacial score (nSPS) is 12.8. The van der Waals surface area contributed by atoms with E-state index in [1.165, 1.54) is 103 Å². The van der Waals surface area contributed by atoms with Crippen LogP contribution in [0.1, 0.15) is 252 Å². The third-order valence-corrected chi connectivity index (χ3v) is 11.6. The number of esters is 3. The predicted molar refractivity (Wildman–Crippen MR) is 288 cm³/mol. The van der Waals surface area contributed by atoms with Crippen LogP contribution in [0.25, 0.3) is 0 Å². The molecule has 67 heavy (non-hydrogen) atoms. The third kappa shape index (κ3) is 53.2. The summed E-state index contributed by atoms with van der Waals surface area (Å²) in [7, 11) is 0. The van der Waals surface area contributed by atoms with Gasteiger partial charge in [0.05, 0.1) is 0 Å². The minimum atomic E-state index is -0.812. The van der Waals surface area contributed by atoms with E-state index >= 15 is 0 Å². The monoisotopic (exact) mass is 931 g/mol. The van der Waals surface area contributed by atoms with Crippen LogP contribution in [-0.4, -0.2) is 37.2 Å². The van der Waals surface area contributed by atoms with Gasteiger partial charge < -0.3 is 14.2 Å². The maximum Gasteiger partial charge on any atom is 0.306 e. The van der Waals surface area contributed by atoms with Crippen LogP contribution in [0.5, 0.6) is 0 Å². The molecule has 0 bridgehead atoms. The molecule has 1 unspecified atom stereocenters. The lowest BCUT2D eigenvalue weighted by Gasteiger charge is -2.18. The summed E-state index contributed by atoms with van der Waals surface area (Å²) in [6, 6.07) is 0. The number of carbonyl (C=O) groups is 3. The maximum absolute atomic E-state index is 12.8. The Morgan fingerprint density at radius 3 is 0.955 bits per heavy atom. The van der Waals surface area contributed by atoms with E-state index < -0.39 is 6.10 Å². The van der Waals surface area contributed by atoms with Crippen LogP contribution >= 0.6 is 0 Å². The van der Waals surface area contributed by atoms with Gasteiger partial charge in [-0.15, -0.1) is 0 Å². The van der Waals surface area contributed by atoms with E-state index in [9.17, 15) is 14.4 Å². The molecule has 6 heteroatoms. The Labute approximate surface area is 413 Å². The summed E-state index contributed by atoms with van der Waals surface area (Å²) in [5.41, 5.74) is 0. The van der Waals surface area contributed by atoms with Gasteiger partial charge in [-0.2, -0.15) is 0 Å². The summed E-state index contributed by atoms with van der Waals surface area (Å²) >= 11 is 0. The summed E-state index contributed by atoms with van der Waals surface area (Å²) < 4.78 is 16.8. The number of rotatable bonds is 49. The molecule has 382 valence electrons. The largest absolute Gasteiger partial charge is 0.462 e. The Hall–Kier alpha value is -3.67. The van der Waals surface area contributed by atoms with Crippen LogP contribution in [0.15, 0.2) is 97.2 Å². The molecule has 0 aliphatic heterocycles. The fourth-order valence-electron chi connectivity index (χ4n) is 7.43. The zero-order valence-corrected chi connectivity index (χ0v) is 43.6. The molecule has 0 fully saturated rings. The molecule has 0 radical (unpaired) electrons. The van der Waals surface area contributed by atoms with Gasteiger partial charge in [-0.1, -0.05) is 234 Å². The minimum absolute atomic E-state index is 0.104. The highest BCUT2D eigenvalue weighted by Crippen LogP contribution is 2.14. The number of ether oxygens (including phenoxy) is 3. The Kier molecular flexibility index (Phi) is 51.9. The molecule has 0 aliphatic carbocycles. The Bertz CT molecular complexity index is 1350. The van der Waals surface area contributed by atoms with Gasteiger partial charge >= 0.3 is 17.9 Å². The summed E-state index contributed by atoms with van der Waals surface area (Å²) in [6.07, 6.45) is 72.6. The van der Waals surface area contributed by atoms with E-state index in [-0.39, 0.29) is 37.5 Å². The molecule has 0 heterocycles. The topological polar surface area (TPSA) is 78.9 Å². The first kappa shape index (κ1) is 63.3. The van der Waals surface area contributed by atoms with Gasteiger partial charge in [0.1, 0.15) is 13.2 Å². The van der Waals surface area contributed by atoms with Gasteiger partial charge in [-0.05, 0) is 96.3 Å². The molecule has 1 atom stereocenters. The molecule has 0 aromatic carbocycles. The van der Waals surface area contributed by atoms with E-state index in [0.717, 1.165) is 103 Å². The molecule has 0 amide bonds. The predicted octanol–water partition coefficient (Wildman–Crippen LogP) is 18.5. The molecule has 0 saturated heterocycles. The van der Waals surface area contributed by atoms with Gasteiger partial charge in [0.25, 0.3) is 0 Å². The number of allylic oxidation sites excluding steroid dienone is 16. The third-order valence-electron chi connectivity index (χ3n) is 11.6. The van der Waals surface area contributed by atoms with Crippen molar-refractivity contribution in [1.82, 2.24) is 0 Å². The van der Waals surface area contributed by atoms with Gasteiger partial charge in [-0.3, -0.25) is 14.4 Å². The number of unbranched alkanes of at least 4 members (excludes halogenated alkanes) is 22. The number of carbonyl (C=O) groups excluding carboxylic acids is 3. The quantitative estimate of drug-likeness (QED) is 0.0262. The Morgan fingerprint density at radius 2 is 0.597 bits per heavy atom. The second-order valence-electron chi connectivity index (χ2n) is 18.1. The minimum Gasteiger partial charge on any atom is -0.462 e. The van der Waals surface area contributed by atoms with E-state index in [1.54, 1.807) is 0 Å². The molecule has 0 N–H and O–H groups in total. The first-order chi connectivity index (χ1) is 33.0. The second kappa shape index (κ2) is 54.9. The summed E-state index contributed by atoms with van der Waals surface area (Å²) in [5, 5.41) is 0. The van der Waals surface area contributed by atoms with E-state index in [0.29, 0.717) is 19.3 Å². The van der Waals surface area contributed by atoms with Crippen molar-refractivity contribution in [2.75, 3.05) is 13.2 Å². The first-order valence-electron chi connectivity index (χ1n) is 27.7. The van der Waals surface area contributed by atoms with E-state index in [1.807, 2.05) is 0 Å². The summed E-state index contributed by atoms with van der Waals surface area (Å²) in [5.74, 6) is -0.976. The van der Waals surface area contributed by atoms with Crippen LogP contribution in [0.2, 0.25) is 0 Å². The molecular formula is C61H102O6. The molecule has 0 aromatic heterocycles. The van der Waals surface area contributed by atoms with Crippen molar-refractivity contribution in [3.05, 3.63) is 97.2 Å². The Balaban J connectivity index is 4.45. The van der Waals surface area contributed by atoms with Crippen LogP contribution in [-0.2, 0) is 28.6 Å². The summed E-state index contributed by atoms with van der Waals surface area (Å²) in [6.45, 7) is 6.45. The zero-order chi connectivity index (χ0) is 48.6. The van der Waals surface area contributed by atoms with Crippen molar-refractivity contribution in [2.24, 2.45) is 0 Å². The lowest BCUT2D eigenvalue weighted by Crippen LogP contribution is -2.30. The molecule has 0 spiro atoms. The van der Waals surface area contributed by atoms with Gasteiger partial charge in [0.15, 0.2) is 6.10 Å². The van der Waals surface area contributed by atoms with Crippen molar-refractivity contribution >= 4 is 17.9 Å². The maximum atomic E-state index is 12.8. The van der Waals surface area contributed by atoms with Gasteiger partial charge in [0.2, 0.25) is 0 Å². The molecule has 0 aromatic rings. The molecule has 6 nitrogen and oxygen atoms in total. The fourth-order valence-corrected chi connectivity index (χ4v) is 7.43. The molecule has 0 aliphatic rings. The standard InChI is InChI=1S/C61H102O6/c1-4-7-10-13-16-19-22-24-26-28-29-30-31-33-34-36-39-42-45-48-51-54-60(63)66-57-58(56-65-59(62)53-50-47-44-41-38-21-18-15-12-9-6-3)67-61(64)55-52-49-46-43-40-37-35-32-27-25-23-20-17-14-11-8-5-2/h8,11,17,20,22,24-25,27-29,31,33,35,37,43,46,58H,4-7,9-10,12-16,18-19,21,23,26,30,32,34,36,38-42,44-45,47-57H2,1-3H3/b11-8-,20-17-,24-22-,27-25-,29-28-,33-31-,37-35-,46-43-. The van der Waals surface area contributed by atoms with Crippen LogP contribution in [0, 0.1) is 0 Å². The first-order valence-corrected chi connectivity index (χ1v) is 27.7. The zero-order valence-electron chi connectivity index (χ0n) is 43.6. The fraction of sp³-hybridized carbons (Fsp3) is 0.689. The average Bonchev–Trinajstić information content (AvgIpc) is 3.33. The van der Waals surface area contributed by atoms with Crippen molar-refractivity contribution in [2.45, 2.75) is 258 Å². The van der Waals surface area contributed by atoms with Crippen molar-refractivity contribution in [3.8, 4) is 0 Å². The van der Waals surface area contributed by atoms with Crippen molar-refractivity contribution in [1.29, 1.82) is 0 Å². The van der Waals surface area contributed by atoms with E-state index in [2.05, 4.69) is 118 Å². The number of hydrogen-bond donors (Lipinski definition) is 0. The van der Waals surface area contributed by atoms with Gasteiger partial charge in [0, 0.05) is 19.3 Å². The Morgan fingerprint density at radius 1 is 0.313 bits per heavy atom. The van der Waals surface area contributed by atoms with Crippen LogP contribution in [0.4, 0.5) is 0 Å². The highest BCUT2D eigenvalue weighted by Gasteiger charge is 2.19. The van der Waals surface area contributed by atoms with Crippen molar-refractivity contribution in [3.63, 3.8) is 0 Å². The van der Waals surface area contributed by atoms with Crippen molar-refractivity contribution < 1.29 is 28.6 Å². The average molecular weight is 931 g/mol. The highest BCUT2D eigenvalue weighted by atomic mass is 16.6. The van der Waals surface area contributed by atoms with E-state index in [4.69, 9.17) is 14.2 Å². The SMILES string of the molecule is CC/C=C\C/C=C\C/C=C\C/C=C\C/C=C\CCCC(=O)OC(COC(=O)CCCCCCCC/C=C\C/C=C\C/C=C\CCCCCCC)COC(=O)CCCCCCCCCCCCC. The molecular weight excluding hydrogens is 829 g/mol. The summed E-state index contributed by atoms with van der Waals surface area (Å²) in [4.78, 5) is 38.0. The second-order valence-corrected chi connectivity index (χ2v) is 18.1. The lowest BCUT2D eigenvalue weighted by molar-refractivity contribution is -0.167. The van der Waals surface area contributed by atoms with Crippen LogP contribution in [0.3, 0.4) is 0 Å². The van der Waals surface area contributed by atoms with Gasteiger partial charge in [-0.25, -0.2) is 0 Å². The lowest BCUT2D eigenvalue weighted by atomic mass is 10.1. The van der Waals surface area contributed by atoms with Crippen LogP contribution < -0.4 is 0 Å². The highest BCUT2D eigenvalue weighted by molar-refractivity contribution is 5.71. The smallest absolute Gasteiger partial charge is 0.306 e.